The van der Waals surface area contributed by atoms with Gasteiger partial charge in [-0.15, -0.1) is 0 Å². The number of nitrogens with zero attached hydrogens (tertiary/aromatic N) is 1. The summed E-state index contributed by atoms with van der Waals surface area (Å²) in [4.78, 5) is 5.47. The number of oxime groups is 1. The van der Waals surface area contributed by atoms with E-state index in [0.717, 1.165) is 24.1 Å². The first-order valence-electron chi connectivity index (χ1n) is 9.11. The summed E-state index contributed by atoms with van der Waals surface area (Å²) in [5.41, 5.74) is 2.47. The van der Waals surface area contributed by atoms with E-state index in [0.29, 0.717) is 16.5 Å². The minimum Gasteiger partial charge on any atom is -0.391 e. The molecule has 0 N–H and O–H groups in total. The molecular weight excluding hydrogens is 380 g/mol. The van der Waals surface area contributed by atoms with Gasteiger partial charge in [-0.05, 0) is 48.2 Å². The van der Waals surface area contributed by atoms with Gasteiger partial charge in [0.2, 0.25) is 0 Å². The van der Waals surface area contributed by atoms with E-state index in [9.17, 15) is 8.78 Å². The summed E-state index contributed by atoms with van der Waals surface area (Å²) in [5, 5.41) is 4.91. The highest BCUT2D eigenvalue weighted by molar-refractivity contribution is 6.30. The molecule has 0 amide bonds. The lowest BCUT2D eigenvalue weighted by Crippen LogP contribution is -2.05. The molecule has 0 heterocycles. The van der Waals surface area contributed by atoms with Crippen molar-refractivity contribution in [3.63, 3.8) is 0 Å². The van der Waals surface area contributed by atoms with Gasteiger partial charge in [0.05, 0.1) is 11.3 Å². The van der Waals surface area contributed by atoms with E-state index >= 15 is 0 Å². The smallest absolute Gasteiger partial charge is 0.145 e. The number of hydrogen-bond acceptors (Lipinski definition) is 2. The van der Waals surface area contributed by atoms with Crippen molar-refractivity contribution in [1.29, 1.82) is 0 Å². The van der Waals surface area contributed by atoms with Gasteiger partial charge in [-0.2, -0.15) is 0 Å². The lowest BCUT2D eigenvalue weighted by Gasteiger charge is -2.10. The molecule has 1 aliphatic carbocycles. The molecule has 0 saturated heterocycles. The Hall–Kier alpha value is -2.72. The van der Waals surface area contributed by atoms with E-state index in [4.69, 9.17) is 16.4 Å². The van der Waals surface area contributed by atoms with Gasteiger partial charge in [-0.25, -0.2) is 8.78 Å². The predicted octanol–water partition coefficient (Wildman–Crippen LogP) is 6.62. The molecule has 2 nitrogen and oxygen atoms in total. The number of halogens is 3. The second kappa shape index (κ2) is 8.11. The molecule has 0 aliphatic heterocycles. The second-order valence-electron chi connectivity index (χ2n) is 6.79. The zero-order valence-electron chi connectivity index (χ0n) is 15.0. The third-order valence-electron chi connectivity index (χ3n) is 4.72. The van der Waals surface area contributed by atoms with Crippen LogP contribution in [-0.2, 0) is 11.4 Å². The second-order valence-corrected chi connectivity index (χ2v) is 7.23. The zero-order chi connectivity index (χ0) is 19.5. The maximum absolute atomic E-state index is 14.9. The Kier molecular flexibility index (Phi) is 5.40. The number of hydrogen-bond donors (Lipinski definition) is 0. The van der Waals surface area contributed by atoms with Crippen LogP contribution in [0.2, 0.25) is 5.02 Å². The van der Waals surface area contributed by atoms with Gasteiger partial charge in [0, 0.05) is 16.5 Å². The molecule has 0 bridgehead atoms. The quantitative estimate of drug-likeness (QED) is 0.338. The summed E-state index contributed by atoms with van der Waals surface area (Å²) in [7, 11) is 0. The fourth-order valence-corrected chi connectivity index (χ4v) is 3.21. The standard InChI is InChI=1S/C23H18ClF2NO/c24-19-11-8-17(9-12-19)23(16-6-7-16)27-28-14-18-10-13-20(25)21(22(18)26)15-4-2-1-3-5-15/h1-5,8-13,16H,6-7,14H2. The van der Waals surface area contributed by atoms with Crippen LogP contribution in [0.5, 0.6) is 0 Å². The summed E-state index contributed by atoms with van der Waals surface area (Å²) in [6.45, 7) is -0.0737. The van der Waals surface area contributed by atoms with Crippen LogP contribution in [0.3, 0.4) is 0 Å². The molecule has 5 heteroatoms. The molecule has 3 aromatic rings. The van der Waals surface area contributed by atoms with Gasteiger partial charge >= 0.3 is 0 Å². The molecular formula is C23H18ClF2NO. The average molecular weight is 398 g/mol. The van der Waals surface area contributed by atoms with E-state index in [1.54, 1.807) is 42.5 Å². The van der Waals surface area contributed by atoms with Gasteiger partial charge in [-0.3, -0.25) is 0 Å². The van der Waals surface area contributed by atoms with Crippen LogP contribution in [0.4, 0.5) is 8.78 Å². The third kappa shape index (κ3) is 4.07. The highest BCUT2D eigenvalue weighted by Gasteiger charge is 2.29. The normalized spacial score (nSPS) is 14.2. The Balaban J connectivity index is 1.56. The molecule has 1 aliphatic rings. The van der Waals surface area contributed by atoms with Gasteiger partial charge in [0.25, 0.3) is 0 Å². The van der Waals surface area contributed by atoms with E-state index in [-0.39, 0.29) is 17.7 Å². The van der Waals surface area contributed by atoms with Crippen LogP contribution in [0.25, 0.3) is 11.1 Å². The Labute approximate surface area is 167 Å². The van der Waals surface area contributed by atoms with E-state index in [1.165, 1.54) is 12.1 Å². The summed E-state index contributed by atoms with van der Waals surface area (Å²) >= 11 is 5.95. The van der Waals surface area contributed by atoms with Crippen molar-refractivity contribution >= 4 is 17.3 Å². The molecule has 28 heavy (non-hydrogen) atoms. The van der Waals surface area contributed by atoms with Crippen molar-refractivity contribution in [3.05, 3.63) is 94.5 Å². The Morgan fingerprint density at radius 2 is 1.68 bits per heavy atom. The van der Waals surface area contributed by atoms with Gasteiger partial charge in [0.15, 0.2) is 0 Å². The lowest BCUT2D eigenvalue weighted by molar-refractivity contribution is 0.127. The molecule has 1 saturated carbocycles. The summed E-state index contributed by atoms with van der Waals surface area (Å²) in [5.74, 6) is -0.879. The van der Waals surface area contributed by atoms with Crippen molar-refractivity contribution in [1.82, 2.24) is 0 Å². The topological polar surface area (TPSA) is 21.6 Å². The van der Waals surface area contributed by atoms with Crippen LogP contribution in [-0.4, -0.2) is 5.71 Å². The Morgan fingerprint density at radius 3 is 2.36 bits per heavy atom. The summed E-state index contributed by atoms with van der Waals surface area (Å²) in [6, 6.07) is 18.7. The van der Waals surface area contributed by atoms with Gasteiger partial charge in [-0.1, -0.05) is 59.2 Å². The predicted molar refractivity (Wildman–Crippen MR) is 107 cm³/mol. The van der Waals surface area contributed by atoms with E-state index in [2.05, 4.69) is 5.16 Å². The van der Waals surface area contributed by atoms with Crippen molar-refractivity contribution in [2.45, 2.75) is 19.4 Å². The maximum atomic E-state index is 14.9. The van der Waals surface area contributed by atoms with Crippen molar-refractivity contribution < 1.29 is 13.6 Å². The molecule has 142 valence electrons. The first-order chi connectivity index (χ1) is 13.6. The highest BCUT2D eigenvalue weighted by Crippen LogP contribution is 2.34. The molecule has 0 unspecified atom stereocenters. The fourth-order valence-electron chi connectivity index (χ4n) is 3.09. The molecule has 0 aromatic heterocycles. The van der Waals surface area contributed by atoms with Crippen LogP contribution >= 0.6 is 11.6 Å². The molecule has 3 aromatic carbocycles. The molecule has 0 atom stereocenters. The monoisotopic (exact) mass is 397 g/mol. The Bertz CT molecular complexity index is 999. The number of rotatable bonds is 6. The van der Waals surface area contributed by atoms with Crippen molar-refractivity contribution in [3.8, 4) is 11.1 Å². The zero-order valence-corrected chi connectivity index (χ0v) is 15.8. The molecule has 0 spiro atoms. The van der Waals surface area contributed by atoms with Crippen molar-refractivity contribution in [2.75, 3.05) is 0 Å². The van der Waals surface area contributed by atoms with Crippen molar-refractivity contribution in [2.24, 2.45) is 11.1 Å². The average Bonchev–Trinajstić information content (AvgIpc) is 3.54. The van der Waals surface area contributed by atoms with Crippen LogP contribution in [0.1, 0.15) is 24.0 Å². The first-order valence-corrected chi connectivity index (χ1v) is 9.49. The Morgan fingerprint density at radius 1 is 0.964 bits per heavy atom. The lowest BCUT2D eigenvalue weighted by atomic mass is 10.0. The highest BCUT2D eigenvalue weighted by atomic mass is 35.5. The molecule has 1 fully saturated rings. The third-order valence-corrected chi connectivity index (χ3v) is 4.97. The summed E-state index contributed by atoms with van der Waals surface area (Å²) < 4.78 is 29.1. The summed E-state index contributed by atoms with van der Waals surface area (Å²) in [6.07, 6.45) is 2.10. The van der Waals surface area contributed by atoms with Gasteiger partial charge in [0.1, 0.15) is 18.2 Å². The fraction of sp³-hybridized carbons (Fsp3) is 0.174. The minimum absolute atomic E-state index is 0.0502. The SMILES string of the molecule is Fc1ccc(CON=C(c2ccc(Cl)cc2)C2CC2)c(F)c1-c1ccccc1. The van der Waals surface area contributed by atoms with Crippen LogP contribution < -0.4 is 0 Å². The van der Waals surface area contributed by atoms with Gasteiger partial charge < -0.3 is 4.84 Å². The number of benzene rings is 3. The maximum Gasteiger partial charge on any atom is 0.145 e. The molecule has 4 rings (SSSR count). The van der Waals surface area contributed by atoms with E-state index in [1.807, 2.05) is 12.1 Å². The van der Waals surface area contributed by atoms with Crippen LogP contribution in [0.15, 0.2) is 71.9 Å². The van der Waals surface area contributed by atoms with E-state index < -0.39 is 11.6 Å². The minimum atomic E-state index is -0.624. The molecule has 0 radical (unpaired) electrons. The van der Waals surface area contributed by atoms with Crippen LogP contribution in [0, 0.1) is 17.6 Å². The largest absolute Gasteiger partial charge is 0.391 e. The first kappa shape index (κ1) is 18.6.